The van der Waals surface area contributed by atoms with Crippen LogP contribution in [0, 0.1) is 6.92 Å². The first kappa shape index (κ1) is 14.5. The molecule has 2 N–H and O–H groups in total. The molecule has 0 saturated carbocycles. The van der Waals surface area contributed by atoms with Gasteiger partial charge >= 0.3 is 0 Å². The van der Waals surface area contributed by atoms with Crippen LogP contribution in [0.4, 0.5) is 5.69 Å². The van der Waals surface area contributed by atoms with Gasteiger partial charge in [0.25, 0.3) is 0 Å². The van der Waals surface area contributed by atoms with E-state index >= 15 is 0 Å². The quantitative estimate of drug-likeness (QED) is 0.891. The molecule has 4 nitrogen and oxygen atoms in total. The third kappa shape index (κ3) is 3.78. The van der Waals surface area contributed by atoms with Crippen molar-refractivity contribution in [2.24, 2.45) is 0 Å². The fourth-order valence-electron chi connectivity index (χ4n) is 2.41. The van der Waals surface area contributed by atoms with Crippen molar-refractivity contribution in [1.82, 2.24) is 4.90 Å². The van der Waals surface area contributed by atoms with E-state index in [1.165, 1.54) is 0 Å². The molecule has 1 aliphatic rings. The van der Waals surface area contributed by atoms with E-state index in [4.69, 9.17) is 0 Å². The maximum absolute atomic E-state index is 12.0. The third-order valence-corrected chi connectivity index (χ3v) is 4.11. The van der Waals surface area contributed by atoms with Crippen LogP contribution < -0.4 is 5.32 Å². The van der Waals surface area contributed by atoms with Gasteiger partial charge in [0, 0.05) is 10.5 Å². The Labute approximate surface area is 121 Å². The van der Waals surface area contributed by atoms with Gasteiger partial charge in [0.1, 0.15) is 0 Å². The van der Waals surface area contributed by atoms with E-state index in [0.717, 1.165) is 35.1 Å². The van der Waals surface area contributed by atoms with E-state index in [-0.39, 0.29) is 18.6 Å². The Morgan fingerprint density at radius 2 is 2.37 bits per heavy atom. The number of benzene rings is 1. The van der Waals surface area contributed by atoms with Gasteiger partial charge in [-0.15, -0.1) is 0 Å². The Balaban J connectivity index is 1.94. The molecule has 1 atom stereocenters. The fourth-order valence-corrected chi connectivity index (χ4v) is 3.00. The zero-order valence-electron chi connectivity index (χ0n) is 11.0. The largest absolute Gasteiger partial charge is 0.395 e. The van der Waals surface area contributed by atoms with E-state index in [1.54, 1.807) is 0 Å². The molecule has 19 heavy (non-hydrogen) atoms. The third-order valence-electron chi connectivity index (χ3n) is 3.46. The number of aliphatic hydroxyl groups excluding tert-OH is 1. The molecule has 1 saturated heterocycles. The number of amides is 1. The van der Waals surface area contributed by atoms with Gasteiger partial charge in [0.2, 0.25) is 5.91 Å². The second-order valence-electron chi connectivity index (χ2n) is 4.98. The van der Waals surface area contributed by atoms with Crippen molar-refractivity contribution >= 4 is 27.5 Å². The Morgan fingerprint density at radius 3 is 3.05 bits per heavy atom. The first-order chi connectivity index (χ1) is 9.10. The van der Waals surface area contributed by atoms with Crippen molar-refractivity contribution < 1.29 is 9.90 Å². The molecule has 1 aliphatic heterocycles. The van der Waals surface area contributed by atoms with Gasteiger partial charge < -0.3 is 10.4 Å². The molecule has 0 spiro atoms. The number of likely N-dealkylation sites (tertiary alicyclic amines) is 1. The summed E-state index contributed by atoms with van der Waals surface area (Å²) in [5.41, 5.74) is 1.93. The van der Waals surface area contributed by atoms with Crippen molar-refractivity contribution in [2.45, 2.75) is 25.8 Å². The highest BCUT2D eigenvalue weighted by Crippen LogP contribution is 2.23. The maximum Gasteiger partial charge on any atom is 0.238 e. The molecule has 1 fully saturated rings. The number of nitrogens with zero attached hydrogens (tertiary/aromatic N) is 1. The Bertz CT molecular complexity index is 465. The maximum atomic E-state index is 12.0. The number of hydrogen-bond acceptors (Lipinski definition) is 3. The van der Waals surface area contributed by atoms with Crippen LogP contribution in [0.2, 0.25) is 0 Å². The van der Waals surface area contributed by atoms with Gasteiger partial charge in [0.15, 0.2) is 0 Å². The second-order valence-corrected chi connectivity index (χ2v) is 5.83. The second kappa shape index (κ2) is 6.50. The summed E-state index contributed by atoms with van der Waals surface area (Å²) >= 11 is 3.45. The Kier molecular flexibility index (Phi) is 4.96. The molecule has 0 aliphatic carbocycles. The lowest BCUT2D eigenvalue weighted by Crippen LogP contribution is -2.38. The number of nitrogens with one attached hydrogen (secondary N) is 1. The molecule has 1 aromatic carbocycles. The molecular weight excluding hydrogens is 308 g/mol. The summed E-state index contributed by atoms with van der Waals surface area (Å²) in [4.78, 5) is 14.1. The number of halogens is 1. The highest BCUT2D eigenvalue weighted by molar-refractivity contribution is 9.10. The highest BCUT2D eigenvalue weighted by atomic mass is 79.9. The van der Waals surface area contributed by atoms with E-state index in [1.807, 2.05) is 30.0 Å². The zero-order valence-corrected chi connectivity index (χ0v) is 12.6. The van der Waals surface area contributed by atoms with Crippen molar-refractivity contribution in [3.63, 3.8) is 0 Å². The van der Waals surface area contributed by atoms with Gasteiger partial charge in [0.05, 0.1) is 18.8 Å². The summed E-state index contributed by atoms with van der Waals surface area (Å²) in [5, 5.41) is 12.1. The molecule has 1 amide bonds. The molecule has 0 radical (unpaired) electrons. The van der Waals surface area contributed by atoms with Crippen molar-refractivity contribution in [2.75, 3.05) is 25.0 Å². The number of anilines is 1. The fraction of sp³-hybridized carbons (Fsp3) is 0.500. The van der Waals surface area contributed by atoms with E-state index in [0.29, 0.717) is 6.54 Å². The molecule has 0 bridgehead atoms. The lowest BCUT2D eigenvalue weighted by Gasteiger charge is -2.22. The lowest BCUT2D eigenvalue weighted by atomic mass is 10.2. The van der Waals surface area contributed by atoms with Crippen LogP contribution in [0.5, 0.6) is 0 Å². The van der Waals surface area contributed by atoms with Crippen LogP contribution in [0.3, 0.4) is 0 Å². The minimum Gasteiger partial charge on any atom is -0.395 e. The summed E-state index contributed by atoms with van der Waals surface area (Å²) in [7, 11) is 0. The highest BCUT2D eigenvalue weighted by Gasteiger charge is 2.25. The summed E-state index contributed by atoms with van der Waals surface area (Å²) in [6.45, 7) is 3.35. The zero-order chi connectivity index (χ0) is 13.8. The first-order valence-corrected chi connectivity index (χ1v) is 7.30. The van der Waals surface area contributed by atoms with Crippen LogP contribution in [0.25, 0.3) is 0 Å². The minimum atomic E-state index is -0.0371. The minimum absolute atomic E-state index is 0.0371. The summed E-state index contributed by atoms with van der Waals surface area (Å²) in [6, 6.07) is 5.96. The van der Waals surface area contributed by atoms with Crippen LogP contribution >= 0.6 is 15.9 Å². The van der Waals surface area contributed by atoms with Gasteiger partial charge in [-0.3, -0.25) is 9.69 Å². The van der Waals surface area contributed by atoms with Crippen molar-refractivity contribution in [1.29, 1.82) is 0 Å². The average Bonchev–Trinajstić information content (AvgIpc) is 2.80. The SMILES string of the molecule is Cc1ccc(NC(=O)CN2CCC[C@H]2CO)c(Br)c1. The normalized spacial score (nSPS) is 19.6. The standard InChI is InChI=1S/C14H19BrN2O2/c1-10-4-5-13(12(15)7-10)16-14(19)8-17-6-2-3-11(17)9-18/h4-5,7,11,18H,2-3,6,8-9H2,1H3,(H,16,19)/t11-/m0/s1. The van der Waals surface area contributed by atoms with Gasteiger partial charge in [-0.25, -0.2) is 0 Å². The van der Waals surface area contributed by atoms with Crippen LogP contribution in [0.1, 0.15) is 18.4 Å². The number of hydrogen-bond donors (Lipinski definition) is 2. The molecule has 104 valence electrons. The monoisotopic (exact) mass is 326 g/mol. The topological polar surface area (TPSA) is 52.6 Å². The summed E-state index contributed by atoms with van der Waals surface area (Å²) in [5.74, 6) is -0.0371. The number of aryl methyl sites for hydroxylation is 1. The van der Waals surface area contributed by atoms with Crippen molar-refractivity contribution in [3.05, 3.63) is 28.2 Å². The molecule has 1 aromatic rings. The molecule has 0 unspecified atom stereocenters. The summed E-state index contributed by atoms with van der Waals surface area (Å²) in [6.07, 6.45) is 2.02. The van der Waals surface area contributed by atoms with E-state index < -0.39 is 0 Å². The molecule has 0 aromatic heterocycles. The number of carbonyl (C=O) groups is 1. The number of carbonyl (C=O) groups excluding carboxylic acids is 1. The van der Waals surface area contributed by atoms with Gasteiger partial charge in [-0.2, -0.15) is 0 Å². The lowest BCUT2D eigenvalue weighted by molar-refractivity contribution is -0.117. The van der Waals surface area contributed by atoms with Crippen LogP contribution in [-0.4, -0.2) is 41.7 Å². The average molecular weight is 327 g/mol. The predicted octanol–water partition coefficient (Wildman–Crippen LogP) is 2.15. The van der Waals surface area contributed by atoms with Crippen molar-refractivity contribution in [3.8, 4) is 0 Å². The van der Waals surface area contributed by atoms with Gasteiger partial charge in [-0.05, 0) is 59.9 Å². The number of rotatable bonds is 4. The summed E-state index contributed by atoms with van der Waals surface area (Å²) < 4.78 is 0.890. The molecule has 2 rings (SSSR count). The number of aliphatic hydroxyl groups is 1. The predicted molar refractivity (Wildman–Crippen MR) is 79.2 cm³/mol. The van der Waals surface area contributed by atoms with Crippen LogP contribution in [-0.2, 0) is 4.79 Å². The molecule has 1 heterocycles. The smallest absolute Gasteiger partial charge is 0.238 e. The molecule has 5 heteroatoms. The molecular formula is C14H19BrN2O2. The van der Waals surface area contributed by atoms with Gasteiger partial charge in [-0.1, -0.05) is 6.07 Å². The first-order valence-electron chi connectivity index (χ1n) is 6.51. The Hall–Kier alpha value is -0.910. The Morgan fingerprint density at radius 1 is 1.58 bits per heavy atom. The van der Waals surface area contributed by atoms with Crippen LogP contribution in [0.15, 0.2) is 22.7 Å². The van der Waals surface area contributed by atoms with E-state index in [2.05, 4.69) is 21.2 Å². The van der Waals surface area contributed by atoms with E-state index in [9.17, 15) is 9.90 Å².